The first-order valence-corrected chi connectivity index (χ1v) is 11.0. The summed E-state index contributed by atoms with van der Waals surface area (Å²) in [6.07, 6.45) is 0. The van der Waals surface area contributed by atoms with Gasteiger partial charge in [0.1, 0.15) is 0 Å². The Labute approximate surface area is 181 Å². The molecule has 31 heavy (non-hydrogen) atoms. The summed E-state index contributed by atoms with van der Waals surface area (Å²) in [4.78, 5) is 24.8. The highest BCUT2D eigenvalue weighted by molar-refractivity contribution is 7.89. The van der Waals surface area contributed by atoms with Crippen molar-refractivity contribution in [2.24, 2.45) is 0 Å². The summed E-state index contributed by atoms with van der Waals surface area (Å²) in [6.45, 7) is 0.258. The van der Waals surface area contributed by atoms with Gasteiger partial charge in [-0.05, 0) is 54.1 Å². The molecule has 2 amide bonds. The number of benzene rings is 3. The first-order valence-electron chi connectivity index (χ1n) is 9.53. The van der Waals surface area contributed by atoms with Crippen molar-refractivity contribution in [1.29, 1.82) is 0 Å². The molecule has 0 aliphatic carbocycles. The van der Waals surface area contributed by atoms with Gasteiger partial charge in [-0.2, -0.15) is 0 Å². The van der Waals surface area contributed by atoms with Crippen LogP contribution in [0.25, 0.3) is 0 Å². The summed E-state index contributed by atoms with van der Waals surface area (Å²) in [5.74, 6) is -0.497. The lowest BCUT2D eigenvalue weighted by Crippen LogP contribution is -2.23. The first-order chi connectivity index (χ1) is 14.8. The van der Waals surface area contributed by atoms with Gasteiger partial charge >= 0.3 is 0 Å². The third-order valence-corrected chi connectivity index (χ3v) is 6.43. The van der Waals surface area contributed by atoms with Crippen LogP contribution in [0.3, 0.4) is 0 Å². The topological polar surface area (TPSA) is 95.6 Å². The van der Waals surface area contributed by atoms with Gasteiger partial charge in [0.15, 0.2) is 0 Å². The summed E-state index contributed by atoms with van der Waals surface area (Å²) in [5.41, 5.74) is 2.36. The Balaban J connectivity index is 1.57. The number of rotatable bonds is 7. The zero-order valence-electron chi connectivity index (χ0n) is 17.2. The van der Waals surface area contributed by atoms with Gasteiger partial charge in [-0.15, -0.1) is 0 Å². The molecule has 0 aliphatic rings. The highest BCUT2D eigenvalue weighted by Gasteiger charge is 2.16. The molecule has 3 rings (SSSR count). The van der Waals surface area contributed by atoms with Crippen LogP contribution in [0, 0.1) is 0 Å². The molecule has 0 unspecified atom stereocenters. The van der Waals surface area contributed by atoms with E-state index in [-0.39, 0.29) is 23.3 Å². The molecule has 0 saturated heterocycles. The quantitative estimate of drug-likeness (QED) is 0.594. The van der Waals surface area contributed by atoms with Gasteiger partial charge in [0.25, 0.3) is 11.8 Å². The van der Waals surface area contributed by atoms with Crippen LogP contribution >= 0.6 is 0 Å². The second-order valence-corrected chi connectivity index (χ2v) is 9.16. The molecule has 160 valence electrons. The third kappa shape index (κ3) is 5.56. The Bertz CT molecular complexity index is 1160. The van der Waals surface area contributed by atoms with Crippen LogP contribution in [0.2, 0.25) is 0 Å². The smallest absolute Gasteiger partial charge is 0.255 e. The molecule has 0 atom stereocenters. The van der Waals surface area contributed by atoms with Crippen LogP contribution in [0.4, 0.5) is 5.69 Å². The maximum atomic E-state index is 12.4. The van der Waals surface area contributed by atoms with Gasteiger partial charge in [0, 0.05) is 37.5 Å². The van der Waals surface area contributed by atoms with E-state index in [1.165, 1.54) is 26.2 Å². The van der Waals surface area contributed by atoms with E-state index < -0.39 is 10.0 Å². The van der Waals surface area contributed by atoms with E-state index in [2.05, 4.69) is 10.6 Å². The largest absolute Gasteiger partial charge is 0.348 e. The van der Waals surface area contributed by atoms with Gasteiger partial charge < -0.3 is 10.6 Å². The predicted octanol–water partition coefficient (Wildman–Crippen LogP) is 3.12. The standard InChI is InChI=1S/C23H23N3O4S/c1-26(2)31(29,30)21-14-8-17(9-15-21)16-24-22(27)19-10-12-20(13-11-19)25-23(28)18-6-4-3-5-7-18/h3-15H,16H2,1-2H3,(H,24,27)(H,25,28). The fourth-order valence-corrected chi connectivity index (χ4v) is 3.67. The number of carbonyl (C=O) groups excluding carboxylic acids is 2. The Kier molecular flexibility index (Phi) is 6.84. The minimum absolute atomic E-state index is 0.195. The average Bonchev–Trinajstić information content (AvgIpc) is 2.78. The van der Waals surface area contributed by atoms with Gasteiger partial charge in [-0.1, -0.05) is 30.3 Å². The summed E-state index contributed by atoms with van der Waals surface area (Å²) >= 11 is 0. The molecule has 0 aromatic heterocycles. The van der Waals surface area contributed by atoms with E-state index in [9.17, 15) is 18.0 Å². The number of anilines is 1. The highest BCUT2D eigenvalue weighted by Crippen LogP contribution is 2.15. The number of nitrogens with zero attached hydrogens (tertiary/aromatic N) is 1. The second-order valence-electron chi connectivity index (χ2n) is 7.01. The Morgan fingerprint density at radius 3 is 1.94 bits per heavy atom. The van der Waals surface area contributed by atoms with E-state index >= 15 is 0 Å². The second kappa shape index (κ2) is 9.55. The van der Waals surface area contributed by atoms with Crippen LogP contribution in [0.15, 0.2) is 83.8 Å². The van der Waals surface area contributed by atoms with Crippen LogP contribution in [0.5, 0.6) is 0 Å². The van der Waals surface area contributed by atoms with Crippen molar-refractivity contribution in [3.8, 4) is 0 Å². The Hall–Kier alpha value is -3.49. The van der Waals surface area contributed by atoms with E-state index in [1.54, 1.807) is 60.7 Å². The van der Waals surface area contributed by atoms with Gasteiger partial charge in [0.05, 0.1) is 4.90 Å². The molecule has 3 aromatic carbocycles. The first kappa shape index (κ1) is 22.2. The van der Waals surface area contributed by atoms with Gasteiger partial charge in [-0.25, -0.2) is 12.7 Å². The number of hydrogen-bond donors (Lipinski definition) is 2. The lowest BCUT2D eigenvalue weighted by Gasteiger charge is -2.12. The fraction of sp³-hybridized carbons (Fsp3) is 0.130. The summed E-state index contributed by atoms with van der Waals surface area (Å²) in [6, 6.07) is 21.8. The van der Waals surface area contributed by atoms with Crippen LogP contribution in [-0.4, -0.2) is 38.6 Å². The zero-order valence-corrected chi connectivity index (χ0v) is 18.0. The highest BCUT2D eigenvalue weighted by atomic mass is 32.2. The number of sulfonamides is 1. The van der Waals surface area contributed by atoms with Crippen LogP contribution < -0.4 is 10.6 Å². The lowest BCUT2D eigenvalue weighted by molar-refractivity contribution is 0.0950. The Morgan fingerprint density at radius 1 is 0.774 bits per heavy atom. The van der Waals surface area contributed by atoms with E-state index in [0.29, 0.717) is 16.8 Å². The van der Waals surface area contributed by atoms with Crippen molar-refractivity contribution >= 4 is 27.5 Å². The average molecular weight is 438 g/mol. The SMILES string of the molecule is CN(C)S(=O)(=O)c1ccc(CNC(=O)c2ccc(NC(=O)c3ccccc3)cc2)cc1. The maximum absolute atomic E-state index is 12.4. The monoisotopic (exact) mass is 437 g/mol. The number of nitrogens with one attached hydrogen (secondary N) is 2. The molecule has 3 aromatic rings. The van der Waals surface area contributed by atoms with Crippen molar-refractivity contribution in [3.63, 3.8) is 0 Å². The molecular formula is C23H23N3O4S. The number of hydrogen-bond acceptors (Lipinski definition) is 4. The molecular weight excluding hydrogens is 414 g/mol. The van der Waals surface area contributed by atoms with Crippen molar-refractivity contribution in [1.82, 2.24) is 9.62 Å². The summed E-state index contributed by atoms with van der Waals surface area (Å²) in [7, 11) is -0.534. The molecule has 2 N–H and O–H groups in total. The van der Waals surface area contributed by atoms with E-state index in [1.807, 2.05) is 6.07 Å². The summed E-state index contributed by atoms with van der Waals surface area (Å²) < 4.78 is 25.3. The number of carbonyl (C=O) groups is 2. The molecule has 0 heterocycles. The fourth-order valence-electron chi connectivity index (χ4n) is 2.77. The normalized spacial score (nSPS) is 11.2. The maximum Gasteiger partial charge on any atom is 0.255 e. The van der Waals surface area contributed by atoms with Crippen molar-refractivity contribution < 1.29 is 18.0 Å². The molecule has 0 spiro atoms. The zero-order chi connectivity index (χ0) is 22.4. The molecule has 0 radical (unpaired) electrons. The van der Waals surface area contributed by atoms with Crippen LogP contribution in [0.1, 0.15) is 26.3 Å². The minimum Gasteiger partial charge on any atom is -0.348 e. The molecule has 7 nitrogen and oxygen atoms in total. The molecule has 0 fully saturated rings. The van der Waals surface area contributed by atoms with Crippen molar-refractivity contribution in [3.05, 3.63) is 95.6 Å². The van der Waals surface area contributed by atoms with E-state index in [0.717, 1.165) is 9.87 Å². The molecule has 0 aliphatic heterocycles. The lowest BCUT2D eigenvalue weighted by atomic mass is 10.1. The molecule has 8 heteroatoms. The Morgan fingerprint density at radius 2 is 1.35 bits per heavy atom. The summed E-state index contributed by atoms with van der Waals surface area (Å²) in [5, 5.41) is 5.58. The van der Waals surface area contributed by atoms with Gasteiger partial charge in [-0.3, -0.25) is 9.59 Å². The predicted molar refractivity (Wildman–Crippen MR) is 119 cm³/mol. The molecule has 0 bridgehead atoms. The minimum atomic E-state index is -3.48. The van der Waals surface area contributed by atoms with E-state index in [4.69, 9.17) is 0 Å². The number of amides is 2. The van der Waals surface area contributed by atoms with Gasteiger partial charge in [0.2, 0.25) is 10.0 Å². The van der Waals surface area contributed by atoms with Crippen molar-refractivity contribution in [2.45, 2.75) is 11.4 Å². The molecule has 0 saturated carbocycles. The van der Waals surface area contributed by atoms with Crippen LogP contribution in [-0.2, 0) is 16.6 Å². The van der Waals surface area contributed by atoms with Crippen molar-refractivity contribution in [2.75, 3.05) is 19.4 Å². The third-order valence-electron chi connectivity index (χ3n) is 4.60.